The lowest BCUT2D eigenvalue weighted by Gasteiger charge is -2.05. The van der Waals surface area contributed by atoms with E-state index in [-0.39, 0.29) is 9.52 Å². The topological polar surface area (TPSA) is 42.9 Å². The Bertz CT molecular complexity index is 626. The standard InChI is InChI=1S/C12H6Br2N2O/c13-12(14)10-8-9(15-5-16-10)6-3-1-2-4-7(6)11(8)17/h1-5,12H. The fraction of sp³-hybridized carbons (Fsp3) is 0.0833. The lowest BCUT2D eigenvalue weighted by Crippen LogP contribution is -2.03. The first-order valence-corrected chi connectivity index (χ1v) is 6.80. The number of rotatable bonds is 1. The van der Waals surface area contributed by atoms with Gasteiger partial charge in [-0.05, 0) is 0 Å². The molecule has 1 aliphatic carbocycles. The van der Waals surface area contributed by atoms with Gasteiger partial charge in [-0.25, -0.2) is 9.97 Å². The molecule has 1 heterocycles. The van der Waals surface area contributed by atoms with Gasteiger partial charge in [0, 0.05) is 11.1 Å². The average molecular weight is 354 g/mol. The third-order valence-electron chi connectivity index (χ3n) is 2.74. The van der Waals surface area contributed by atoms with Crippen molar-refractivity contribution in [1.29, 1.82) is 0 Å². The zero-order valence-corrected chi connectivity index (χ0v) is 11.7. The number of benzene rings is 1. The summed E-state index contributed by atoms with van der Waals surface area (Å²) in [6.07, 6.45) is 1.49. The zero-order valence-electron chi connectivity index (χ0n) is 8.52. The van der Waals surface area contributed by atoms with Crippen molar-refractivity contribution in [1.82, 2.24) is 9.97 Å². The molecule has 0 saturated carbocycles. The Kier molecular flexibility index (Phi) is 2.60. The van der Waals surface area contributed by atoms with E-state index in [0.29, 0.717) is 16.8 Å². The molecular weight excluding hydrogens is 348 g/mol. The highest BCUT2D eigenvalue weighted by Crippen LogP contribution is 2.40. The van der Waals surface area contributed by atoms with Crippen molar-refractivity contribution in [3.05, 3.63) is 47.4 Å². The Morgan fingerprint density at radius 1 is 1.06 bits per heavy atom. The van der Waals surface area contributed by atoms with Crippen LogP contribution >= 0.6 is 31.9 Å². The van der Waals surface area contributed by atoms with Crippen molar-refractivity contribution in [3.63, 3.8) is 0 Å². The third kappa shape index (κ3) is 1.57. The quantitative estimate of drug-likeness (QED) is 0.629. The summed E-state index contributed by atoms with van der Waals surface area (Å²) in [6, 6.07) is 7.49. The summed E-state index contributed by atoms with van der Waals surface area (Å²) in [4.78, 5) is 20.7. The maximum absolute atomic E-state index is 12.3. The van der Waals surface area contributed by atoms with Crippen LogP contribution in [0.4, 0.5) is 0 Å². The number of halogens is 2. The minimum Gasteiger partial charge on any atom is -0.288 e. The first-order chi connectivity index (χ1) is 8.20. The molecule has 1 aromatic heterocycles. The number of hydrogen-bond donors (Lipinski definition) is 0. The van der Waals surface area contributed by atoms with Crippen LogP contribution in [0.5, 0.6) is 0 Å². The second-order valence-corrected chi connectivity index (χ2v) is 6.72. The highest BCUT2D eigenvalue weighted by molar-refractivity contribution is 9.24. The number of hydrogen-bond acceptors (Lipinski definition) is 3. The molecule has 0 atom stereocenters. The van der Waals surface area contributed by atoms with Crippen LogP contribution in [0.2, 0.25) is 0 Å². The van der Waals surface area contributed by atoms with Crippen LogP contribution in [0.1, 0.15) is 25.4 Å². The van der Waals surface area contributed by atoms with E-state index in [2.05, 4.69) is 41.8 Å². The maximum atomic E-state index is 12.3. The summed E-state index contributed by atoms with van der Waals surface area (Å²) in [5, 5.41) is 0. The fourth-order valence-electron chi connectivity index (χ4n) is 2.02. The van der Waals surface area contributed by atoms with Gasteiger partial charge in [0.05, 0.1) is 17.0 Å². The lowest BCUT2D eigenvalue weighted by atomic mass is 10.1. The third-order valence-corrected chi connectivity index (χ3v) is 3.60. The number of ketones is 1. The van der Waals surface area contributed by atoms with Gasteiger partial charge in [-0.2, -0.15) is 0 Å². The van der Waals surface area contributed by atoms with Crippen LogP contribution in [0.3, 0.4) is 0 Å². The van der Waals surface area contributed by atoms with Crippen molar-refractivity contribution in [3.8, 4) is 11.3 Å². The zero-order chi connectivity index (χ0) is 12.0. The summed E-state index contributed by atoms with van der Waals surface area (Å²) >= 11 is 6.77. The molecule has 0 aliphatic heterocycles. The van der Waals surface area contributed by atoms with Crippen LogP contribution in [0.25, 0.3) is 11.3 Å². The molecule has 0 spiro atoms. The number of alkyl halides is 2. The summed E-state index contributed by atoms with van der Waals surface area (Å²) < 4.78 is -0.148. The molecule has 0 fully saturated rings. The Morgan fingerprint density at radius 3 is 2.47 bits per heavy atom. The number of fused-ring (bicyclic) bond motifs is 3. The van der Waals surface area contributed by atoms with Gasteiger partial charge < -0.3 is 0 Å². The molecule has 3 rings (SSSR count). The van der Waals surface area contributed by atoms with Crippen molar-refractivity contribution in [2.45, 2.75) is 3.74 Å². The smallest absolute Gasteiger partial charge is 0.197 e. The first kappa shape index (κ1) is 11.0. The Balaban J connectivity index is 2.34. The molecule has 1 aromatic carbocycles. The van der Waals surface area contributed by atoms with E-state index >= 15 is 0 Å². The summed E-state index contributed by atoms with van der Waals surface area (Å²) in [5.41, 5.74) is 3.57. The first-order valence-electron chi connectivity index (χ1n) is 4.97. The summed E-state index contributed by atoms with van der Waals surface area (Å²) in [6.45, 7) is 0. The predicted molar refractivity (Wildman–Crippen MR) is 71.5 cm³/mol. The van der Waals surface area contributed by atoms with E-state index in [4.69, 9.17) is 0 Å². The second-order valence-electron chi connectivity index (χ2n) is 3.66. The molecule has 0 amide bonds. The van der Waals surface area contributed by atoms with Crippen molar-refractivity contribution in [2.24, 2.45) is 0 Å². The minimum atomic E-state index is -0.148. The molecule has 0 N–H and O–H groups in total. The van der Waals surface area contributed by atoms with Gasteiger partial charge in [0.15, 0.2) is 5.78 Å². The Labute approximate surface area is 115 Å². The van der Waals surface area contributed by atoms with Gasteiger partial charge in [-0.3, -0.25) is 4.79 Å². The fourth-order valence-corrected chi connectivity index (χ4v) is 2.71. The largest absolute Gasteiger partial charge is 0.288 e. The number of carbonyl (C=O) groups excluding carboxylic acids is 1. The molecule has 84 valence electrons. The van der Waals surface area contributed by atoms with Crippen LogP contribution in [-0.2, 0) is 0 Å². The number of carbonyl (C=O) groups is 1. The SMILES string of the molecule is O=C1c2ccccc2-c2ncnc(C(Br)Br)c21. The van der Waals surface area contributed by atoms with E-state index in [0.717, 1.165) is 11.3 Å². The molecule has 5 heteroatoms. The van der Waals surface area contributed by atoms with E-state index in [1.54, 1.807) is 0 Å². The summed E-state index contributed by atoms with van der Waals surface area (Å²) in [7, 11) is 0. The van der Waals surface area contributed by atoms with Crippen molar-refractivity contribution in [2.75, 3.05) is 0 Å². The molecule has 3 nitrogen and oxygen atoms in total. The molecule has 1 aliphatic rings. The summed E-state index contributed by atoms with van der Waals surface area (Å²) in [5.74, 6) is -0.00454. The molecule has 2 aromatic rings. The number of aromatic nitrogens is 2. The Morgan fingerprint density at radius 2 is 1.76 bits per heavy atom. The van der Waals surface area contributed by atoms with Gasteiger partial charge >= 0.3 is 0 Å². The highest BCUT2D eigenvalue weighted by atomic mass is 79.9. The van der Waals surface area contributed by atoms with Gasteiger partial charge in [-0.15, -0.1) is 0 Å². The maximum Gasteiger partial charge on any atom is 0.197 e. The normalized spacial score (nSPS) is 12.8. The van der Waals surface area contributed by atoms with Gasteiger partial charge in [0.1, 0.15) is 10.1 Å². The highest BCUT2D eigenvalue weighted by Gasteiger charge is 2.32. The molecule has 0 unspecified atom stereocenters. The van der Waals surface area contributed by atoms with Crippen LogP contribution in [-0.4, -0.2) is 15.8 Å². The van der Waals surface area contributed by atoms with Crippen LogP contribution < -0.4 is 0 Å². The monoisotopic (exact) mass is 352 g/mol. The van der Waals surface area contributed by atoms with Crippen LogP contribution in [0.15, 0.2) is 30.6 Å². The number of nitrogens with zero attached hydrogens (tertiary/aromatic N) is 2. The lowest BCUT2D eigenvalue weighted by molar-refractivity contribution is 0.104. The molecular formula is C12H6Br2N2O. The van der Waals surface area contributed by atoms with Crippen LogP contribution in [0, 0.1) is 0 Å². The molecule has 0 saturated heterocycles. The van der Waals surface area contributed by atoms with E-state index in [1.165, 1.54) is 6.33 Å². The molecule has 0 bridgehead atoms. The van der Waals surface area contributed by atoms with Gasteiger partial charge in [0.2, 0.25) is 0 Å². The average Bonchev–Trinajstić information content (AvgIpc) is 2.64. The van der Waals surface area contributed by atoms with Crippen molar-refractivity contribution < 1.29 is 4.79 Å². The van der Waals surface area contributed by atoms with Gasteiger partial charge in [-0.1, -0.05) is 56.1 Å². The minimum absolute atomic E-state index is 0.00454. The van der Waals surface area contributed by atoms with E-state index < -0.39 is 0 Å². The molecule has 0 radical (unpaired) electrons. The second kappa shape index (κ2) is 3.99. The molecule has 17 heavy (non-hydrogen) atoms. The van der Waals surface area contributed by atoms with E-state index in [9.17, 15) is 4.79 Å². The van der Waals surface area contributed by atoms with Crippen molar-refractivity contribution >= 4 is 37.6 Å². The van der Waals surface area contributed by atoms with Gasteiger partial charge in [0.25, 0.3) is 0 Å². The van der Waals surface area contributed by atoms with E-state index in [1.807, 2.05) is 24.3 Å². The Hall–Kier alpha value is -1.07. The predicted octanol–water partition coefficient (Wildman–Crippen LogP) is 3.48.